The van der Waals surface area contributed by atoms with E-state index in [0.29, 0.717) is 5.56 Å². The number of hydrogen-bond donors (Lipinski definition) is 3. The van der Waals surface area contributed by atoms with Crippen LogP contribution in [0.3, 0.4) is 0 Å². The molecule has 0 radical (unpaired) electrons. The van der Waals surface area contributed by atoms with Crippen LogP contribution in [0, 0.1) is 0 Å². The molecule has 1 unspecified atom stereocenters. The molecule has 1 aliphatic heterocycles. The van der Waals surface area contributed by atoms with Crippen LogP contribution in [0.5, 0.6) is 5.75 Å². The van der Waals surface area contributed by atoms with Gasteiger partial charge in [-0.15, -0.1) is 0 Å². The molecule has 0 spiro atoms. The van der Waals surface area contributed by atoms with E-state index in [9.17, 15) is 13.2 Å². The zero-order valence-electron chi connectivity index (χ0n) is 12.7. The molecule has 22 heavy (non-hydrogen) atoms. The molecule has 0 aliphatic carbocycles. The molecule has 0 aromatic heterocycles. The standard InChI is InChI=1S/C14H21N3O4S/c1-15-22(19,20)13-8-10(5-6-12(13)21-2)14(18)17-11-4-3-7-16-9-11/h5-6,8,11,15-16H,3-4,7,9H2,1-2H3,(H,17,18). The van der Waals surface area contributed by atoms with E-state index >= 15 is 0 Å². The Balaban J connectivity index is 2.24. The lowest BCUT2D eigenvalue weighted by atomic mass is 10.1. The molecule has 1 atom stereocenters. The molecule has 122 valence electrons. The predicted octanol–water partition coefficient (Wildman–Crippen LogP) is 0.0851. The third-order valence-corrected chi connectivity index (χ3v) is 5.05. The fourth-order valence-corrected chi connectivity index (χ4v) is 3.30. The van der Waals surface area contributed by atoms with Gasteiger partial charge < -0.3 is 15.4 Å². The third-order valence-electron chi connectivity index (χ3n) is 3.62. The van der Waals surface area contributed by atoms with E-state index in [0.717, 1.165) is 25.9 Å². The van der Waals surface area contributed by atoms with Gasteiger partial charge in [-0.3, -0.25) is 4.79 Å². The summed E-state index contributed by atoms with van der Waals surface area (Å²) >= 11 is 0. The van der Waals surface area contributed by atoms with Gasteiger partial charge in [-0.25, -0.2) is 13.1 Å². The van der Waals surface area contributed by atoms with Gasteiger partial charge >= 0.3 is 0 Å². The molecule has 1 heterocycles. The SMILES string of the molecule is CNS(=O)(=O)c1cc(C(=O)NC2CCCNC2)ccc1OC. The smallest absolute Gasteiger partial charge is 0.251 e. The van der Waals surface area contributed by atoms with Crippen molar-refractivity contribution in [2.45, 2.75) is 23.8 Å². The van der Waals surface area contributed by atoms with E-state index in [1.165, 1.54) is 26.3 Å². The van der Waals surface area contributed by atoms with Gasteiger partial charge in [-0.05, 0) is 44.6 Å². The lowest BCUT2D eigenvalue weighted by Crippen LogP contribution is -2.45. The summed E-state index contributed by atoms with van der Waals surface area (Å²) in [6.07, 6.45) is 1.92. The Labute approximate surface area is 130 Å². The van der Waals surface area contributed by atoms with E-state index in [1.54, 1.807) is 6.07 Å². The van der Waals surface area contributed by atoms with Gasteiger partial charge in [0.05, 0.1) is 7.11 Å². The summed E-state index contributed by atoms with van der Waals surface area (Å²) in [5, 5.41) is 6.13. The second-order valence-electron chi connectivity index (χ2n) is 5.09. The van der Waals surface area contributed by atoms with Gasteiger partial charge in [-0.1, -0.05) is 0 Å². The van der Waals surface area contributed by atoms with Crippen LogP contribution in [0.4, 0.5) is 0 Å². The number of amides is 1. The summed E-state index contributed by atoms with van der Waals surface area (Å²) in [6, 6.07) is 4.43. The van der Waals surface area contributed by atoms with Crippen LogP contribution >= 0.6 is 0 Å². The van der Waals surface area contributed by atoms with Crippen LogP contribution in [0.2, 0.25) is 0 Å². The number of carbonyl (C=O) groups is 1. The second kappa shape index (κ2) is 7.08. The minimum absolute atomic E-state index is 0.0491. The largest absolute Gasteiger partial charge is 0.495 e. The average Bonchev–Trinajstić information content (AvgIpc) is 2.55. The predicted molar refractivity (Wildman–Crippen MR) is 82.6 cm³/mol. The van der Waals surface area contributed by atoms with E-state index in [4.69, 9.17) is 4.74 Å². The number of methoxy groups -OCH3 is 1. The maximum Gasteiger partial charge on any atom is 0.251 e. The number of rotatable bonds is 5. The zero-order valence-corrected chi connectivity index (χ0v) is 13.5. The molecule has 1 aromatic carbocycles. The van der Waals surface area contributed by atoms with Crippen LogP contribution < -0.4 is 20.1 Å². The first kappa shape index (κ1) is 16.7. The summed E-state index contributed by atoms with van der Waals surface area (Å²) in [5.74, 6) is -0.0888. The first-order chi connectivity index (χ1) is 10.5. The Hall–Kier alpha value is -1.64. The maximum atomic E-state index is 12.3. The average molecular weight is 327 g/mol. The van der Waals surface area contributed by atoms with Crippen LogP contribution in [0.25, 0.3) is 0 Å². The van der Waals surface area contributed by atoms with E-state index in [-0.39, 0.29) is 22.6 Å². The Morgan fingerprint density at radius 1 is 1.41 bits per heavy atom. The molecular formula is C14H21N3O4S. The Bertz CT molecular complexity index is 639. The quantitative estimate of drug-likeness (QED) is 0.712. The van der Waals surface area contributed by atoms with Crippen LogP contribution in [-0.4, -0.2) is 47.6 Å². The minimum atomic E-state index is -3.70. The van der Waals surface area contributed by atoms with E-state index in [1.807, 2.05) is 0 Å². The Morgan fingerprint density at radius 3 is 2.77 bits per heavy atom. The van der Waals surface area contributed by atoms with Crippen molar-refractivity contribution in [3.8, 4) is 5.75 Å². The first-order valence-corrected chi connectivity index (χ1v) is 8.59. The first-order valence-electron chi connectivity index (χ1n) is 7.11. The number of piperidine rings is 1. The lowest BCUT2D eigenvalue weighted by Gasteiger charge is -2.24. The molecule has 1 aromatic rings. The number of ether oxygens (including phenoxy) is 1. The third kappa shape index (κ3) is 3.76. The summed E-state index contributed by atoms with van der Waals surface area (Å²) < 4.78 is 31.3. The highest BCUT2D eigenvalue weighted by molar-refractivity contribution is 7.89. The molecule has 7 nitrogen and oxygen atoms in total. The fourth-order valence-electron chi connectivity index (χ4n) is 2.38. The zero-order chi connectivity index (χ0) is 16.2. The fraction of sp³-hybridized carbons (Fsp3) is 0.500. The minimum Gasteiger partial charge on any atom is -0.495 e. The van der Waals surface area contributed by atoms with Crippen molar-refractivity contribution in [3.63, 3.8) is 0 Å². The molecule has 0 bridgehead atoms. The molecule has 8 heteroatoms. The lowest BCUT2D eigenvalue weighted by molar-refractivity contribution is 0.0930. The van der Waals surface area contributed by atoms with Crippen molar-refractivity contribution >= 4 is 15.9 Å². The highest BCUT2D eigenvalue weighted by atomic mass is 32.2. The van der Waals surface area contributed by atoms with Gasteiger partial charge in [0.2, 0.25) is 10.0 Å². The summed E-state index contributed by atoms with van der Waals surface area (Å²) in [5.41, 5.74) is 0.292. The van der Waals surface area contributed by atoms with E-state index in [2.05, 4.69) is 15.4 Å². The molecular weight excluding hydrogens is 306 g/mol. The Morgan fingerprint density at radius 2 is 2.18 bits per heavy atom. The van der Waals surface area contributed by atoms with Crippen molar-refractivity contribution in [3.05, 3.63) is 23.8 Å². The number of benzene rings is 1. The van der Waals surface area contributed by atoms with Gasteiger partial charge in [0.25, 0.3) is 5.91 Å². The number of carbonyl (C=O) groups excluding carboxylic acids is 1. The molecule has 2 rings (SSSR count). The molecule has 0 saturated carbocycles. The van der Waals surface area contributed by atoms with Crippen molar-refractivity contribution in [2.24, 2.45) is 0 Å². The number of nitrogens with one attached hydrogen (secondary N) is 3. The number of sulfonamides is 1. The van der Waals surface area contributed by atoms with Crippen molar-refractivity contribution < 1.29 is 17.9 Å². The van der Waals surface area contributed by atoms with Crippen molar-refractivity contribution in [2.75, 3.05) is 27.2 Å². The van der Waals surface area contributed by atoms with Gasteiger partial charge in [-0.2, -0.15) is 0 Å². The highest BCUT2D eigenvalue weighted by Gasteiger charge is 2.21. The monoisotopic (exact) mass is 327 g/mol. The molecule has 3 N–H and O–H groups in total. The van der Waals surface area contributed by atoms with Gasteiger partial charge in [0.1, 0.15) is 10.6 Å². The normalized spacial score (nSPS) is 18.7. The van der Waals surface area contributed by atoms with Crippen LogP contribution in [-0.2, 0) is 10.0 Å². The Kier molecular flexibility index (Phi) is 5.38. The topological polar surface area (TPSA) is 96.5 Å². The molecule has 1 amide bonds. The van der Waals surface area contributed by atoms with Crippen LogP contribution in [0.15, 0.2) is 23.1 Å². The summed E-state index contributed by atoms with van der Waals surface area (Å²) in [6.45, 7) is 1.68. The molecule has 1 fully saturated rings. The van der Waals surface area contributed by atoms with Gasteiger partial charge in [0, 0.05) is 18.2 Å². The van der Waals surface area contributed by atoms with Crippen LogP contribution in [0.1, 0.15) is 23.2 Å². The summed E-state index contributed by atoms with van der Waals surface area (Å²) in [4.78, 5) is 12.2. The van der Waals surface area contributed by atoms with Gasteiger partial charge in [0.15, 0.2) is 0 Å². The maximum absolute atomic E-state index is 12.3. The van der Waals surface area contributed by atoms with Crippen molar-refractivity contribution in [1.82, 2.24) is 15.4 Å². The van der Waals surface area contributed by atoms with Crippen molar-refractivity contribution in [1.29, 1.82) is 0 Å². The summed E-state index contributed by atoms with van der Waals surface area (Å²) in [7, 11) is -0.996. The number of hydrogen-bond acceptors (Lipinski definition) is 5. The van der Waals surface area contributed by atoms with E-state index < -0.39 is 10.0 Å². The molecule has 1 aliphatic rings. The molecule has 1 saturated heterocycles. The second-order valence-corrected chi connectivity index (χ2v) is 6.94. The highest BCUT2D eigenvalue weighted by Crippen LogP contribution is 2.24.